The van der Waals surface area contributed by atoms with Crippen LogP contribution in [0, 0.1) is 0 Å². The van der Waals surface area contributed by atoms with Crippen LogP contribution in [-0.4, -0.2) is 29.9 Å². The van der Waals surface area contributed by atoms with Crippen LogP contribution in [0.2, 0.25) is 0 Å². The second-order valence-electron chi connectivity index (χ2n) is 2.48. The van der Waals surface area contributed by atoms with Crippen molar-refractivity contribution in [1.82, 2.24) is 5.10 Å². The lowest BCUT2D eigenvalue weighted by molar-refractivity contribution is -0.754. The molecule has 5 nitrogen and oxygen atoms in total. The Kier molecular flexibility index (Phi) is 3.33. The van der Waals surface area contributed by atoms with E-state index < -0.39 is 5.97 Å². The number of carboxylic acid groups (broad SMARTS) is 1. The van der Waals surface area contributed by atoms with Gasteiger partial charge < -0.3 is 9.84 Å². The van der Waals surface area contributed by atoms with Crippen LogP contribution in [0.25, 0.3) is 0 Å². The minimum Gasteiger partial charge on any atom is -0.478 e. The van der Waals surface area contributed by atoms with Crippen molar-refractivity contribution in [1.29, 1.82) is 0 Å². The summed E-state index contributed by atoms with van der Waals surface area (Å²) in [5.74, 6) is -0.966. The van der Waals surface area contributed by atoms with E-state index in [-0.39, 0.29) is 5.56 Å². The van der Waals surface area contributed by atoms with E-state index in [9.17, 15) is 4.79 Å². The van der Waals surface area contributed by atoms with Crippen LogP contribution in [-0.2, 0) is 11.3 Å². The molecule has 0 amide bonds. The highest BCUT2D eigenvalue weighted by molar-refractivity contribution is 5.86. The van der Waals surface area contributed by atoms with Gasteiger partial charge in [-0.3, -0.25) is 0 Å². The first-order chi connectivity index (χ1) is 6.24. The number of rotatable bonds is 4. The molecule has 1 aromatic rings. The van der Waals surface area contributed by atoms with Crippen molar-refractivity contribution in [2.24, 2.45) is 0 Å². The first-order valence-corrected chi connectivity index (χ1v) is 3.82. The van der Waals surface area contributed by atoms with Crippen LogP contribution in [0.15, 0.2) is 18.5 Å². The van der Waals surface area contributed by atoms with Crippen molar-refractivity contribution < 1.29 is 19.3 Å². The summed E-state index contributed by atoms with van der Waals surface area (Å²) in [6.07, 6.45) is 2.93. The number of ether oxygens (including phenoxy) is 1. The number of carboxylic acids is 1. The molecule has 1 N–H and O–H groups in total. The van der Waals surface area contributed by atoms with E-state index in [0.717, 1.165) is 0 Å². The maximum Gasteiger partial charge on any atom is 0.337 e. The van der Waals surface area contributed by atoms with E-state index in [0.29, 0.717) is 13.2 Å². The average molecular weight is 183 g/mol. The number of hydrogen-bond acceptors (Lipinski definition) is 3. The van der Waals surface area contributed by atoms with Gasteiger partial charge in [-0.15, -0.1) is 0 Å². The molecule has 0 saturated heterocycles. The highest BCUT2D eigenvalue weighted by Gasteiger charge is 2.06. The van der Waals surface area contributed by atoms with Crippen molar-refractivity contribution in [3.05, 3.63) is 24.0 Å². The molecule has 13 heavy (non-hydrogen) atoms. The molecule has 0 unspecified atom stereocenters. The summed E-state index contributed by atoms with van der Waals surface area (Å²) in [4.78, 5) is 10.5. The van der Waals surface area contributed by atoms with E-state index in [1.165, 1.54) is 12.3 Å². The maximum absolute atomic E-state index is 10.5. The molecule has 5 heteroatoms. The SMILES string of the molecule is COCC[n+]1ccc(C(=O)O)cn1. The summed E-state index contributed by atoms with van der Waals surface area (Å²) in [6.45, 7) is 1.18. The Morgan fingerprint density at radius 2 is 2.54 bits per heavy atom. The van der Waals surface area contributed by atoms with Crippen molar-refractivity contribution in [2.75, 3.05) is 13.7 Å². The van der Waals surface area contributed by atoms with Crippen LogP contribution in [0.4, 0.5) is 0 Å². The summed E-state index contributed by atoms with van der Waals surface area (Å²) >= 11 is 0. The zero-order valence-electron chi connectivity index (χ0n) is 7.30. The molecule has 1 aromatic heterocycles. The minimum atomic E-state index is -0.966. The second kappa shape index (κ2) is 4.51. The molecule has 0 aliphatic heterocycles. The molecule has 0 atom stereocenters. The number of hydrogen-bond donors (Lipinski definition) is 1. The Hall–Kier alpha value is -1.49. The van der Waals surface area contributed by atoms with E-state index in [1.54, 1.807) is 18.0 Å². The first-order valence-electron chi connectivity index (χ1n) is 3.82. The normalized spacial score (nSPS) is 9.92. The van der Waals surface area contributed by atoms with Crippen LogP contribution < -0.4 is 4.68 Å². The zero-order chi connectivity index (χ0) is 9.68. The third kappa shape index (κ3) is 2.79. The van der Waals surface area contributed by atoms with Gasteiger partial charge in [0.2, 0.25) is 0 Å². The van der Waals surface area contributed by atoms with Gasteiger partial charge in [-0.2, -0.15) is 0 Å². The quantitative estimate of drug-likeness (QED) is 0.652. The summed E-state index contributed by atoms with van der Waals surface area (Å²) in [6, 6.07) is 1.50. The fourth-order valence-corrected chi connectivity index (χ4v) is 0.828. The molecular formula is C8H11N2O3+. The van der Waals surface area contributed by atoms with Gasteiger partial charge in [-0.1, -0.05) is 4.68 Å². The molecular weight excluding hydrogens is 172 g/mol. The van der Waals surface area contributed by atoms with Gasteiger partial charge in [0.25, 0.3) is 0 Å². The zero-order valence-corrected chi connectivity index (χ0v) is 7.30. The summed E-state index contributed by atoms with van der Waals surface area (Å²) < 4.78 is 6.47. The lowest BCUT2D eigenvalue weighted by Crippen LogP contribution is -2.39. The van der Waals surface area contributed by atoms with Gasteiger partial charge >= 0.3 is 5.97 Å². The van der Waals surface area contributed by atoms with Gasteiger partial charge in [0.1, 0.15) is 12.8 Å². The maximum atomic E-state index is 10.5. The van der Waals surface area contributed by atoms with Crippen molar-refractivity contribution in [2.45, 2.75) is 6.54 Å². The smallest absolute Gasteiger partial charge is 0.337 e. The van der Waals surface area contributed by atoms with E-state index >= 15 is 0 Å². The number of aromatic carboxylic acids is 1. The monoisotopic (exact) mass is 183 g/mol. The van der Waals surface area contributed by atoms with E-state index in [1.807, 2.05) is 0 Å². The van der Waals surface area contributed by atoms with Crippen LogP contribution >= 0.6 is 0 Å². The van der Waals surface area contributed by atoms with Crippen molar-refractivity contribution in [3.63, 3.8) is 0 Å². The van der Waals surface area contributed by atoms with Crippen LogP contribution in [0.3, 0.4) is 0 Å². The Morgan fingerprint density at radius 1 is 1.77 bits per heavy atom. The number of methoxy groups -OCH3 is 1. The molecule has 0 aromatic carbocycles. The molecule has 1 heterocycles. The summed E-state index contributed by atoms with van der Waals surface area (Å²) in [5, 5.41) is 12.5. The van der Waals surface area contributed by atoms with Crippen molar-refractivity contribution >= 4 is 5.97 Å². The number of aromatic nitrogens is 2. The molecule has 0 fully saturated rings. The number of carbonyl (C=O) groups is 1. The summed E-state index contributed by atoms with van der Waals surface area (Å²) in [7, 11) is 1.60. The Morgan fingerprint density at radius 3 is 3.00 bits per heavy atom. The largest absolute Gasteiger partial charge is 0.478 e. The molecule has 0 radical (unpaired) electrons. The highest BCUT2D eigenvalue weighted by Crippen LogP contribution is 1.91. The highest BCUT2D eigenvalue weighted by atomic mass is 16.5. The van der Waals surface area contributed by atoms with Gasteiger partial charge in [0.05, 0.1) is 5.56 Å². The topological polar surface area (TPSA) is 63.3 Å². The standard InChI is InChI=1S/C8H10N2O3/c1-13-5-4-10-3-2-7(6-9-10)8(11)12/h2-3,6H,4-5H2,1H3/p+1. The van der Waals surface area contributed by atoms with Crippen molar-refractivity contribution in [3.8, 4) is 0 Å². The van der Waals surface area contributed by atoms with Gasteiger partial charge in [-0.25, -0.2) is 4.79 Å². The Bertz CT molecular complexity index is 284. The molecule has 0 saturated carbocycles. The average Bonchev–Trinajstić information content (AvgIpc) is 2.15. The molecule has 70 valence electrons. The lowest BCUT2D eigenvalue weighted by Gasteiger charge is -1.93. The van der Waals surface area contributed by atoms with Gasteiger partial charge in [0, 0.05) is 13.2 Å². The van der Waals surface area contributed by atoms with Crippen LogP contribution in [0.1, 0.15) is 10.4 Å². The molecule has 0 bridgehead atoms. The Labute approximate surface area is 75.6 Å². The lowest BCUT2D eigenvalue weighted by atomic mass is 10.3. The predicted molar refractivity (Wildman–Crippen MR) is 43.3 cm³/mol. The Balaban J connectivity index is 2.64. The molecule has 0 spiro atoms. The fourth-order valence-electron chi connectivity index (χ4n) is 0.828. The summed E-state index contributed by atoms with van der Waals surface area (Å²) in [5.41, 5.74) is 0.189. The minimum absolute atomic E-state index is 0.189. The second-order valence-corrected chi connectivity index (χ2v) is 2.48. The fraction of sp³-hybridized carbons (Fsp3) is 0.375. The predicted octanol–water partition coefficient (Wildman–Crippen LogP) is -0.286. The first kappa shape index (κ1) is 9.60. The number of nitrogens with zero attached hydrogens (tertiary/aromatic N) is 2. The van der Waals surface area contributed by atoms with E-state index in [2.05, 4.69) is 5.10 Å². The molecule has 0 aliphatic carbocycles. The van der Waals surface area contributed by atoms with Gasteiger partial charge in [0.15, 0.2) is 12.7 Å². The van der Waals surface area contributed by atoms with E-state index in [4.69, 9.17) is 9.84 Å². The third-order valence-corrected chi connectivity index (χ3v) is 1.54. The molecule has 1 rings (SSSR count). The molecule has 0 aliphatic rings. The van der Waals surface area contributed by atoms with Gasteiger partial charge in [-0.05, 0) is 5.10 Å². The van der Waals surface area contributed by atoms with Crippen LogP contribution in [0.5, 0.6) is 0 Å². The third-order valence-electron chi connectivity index (χ3n) is 1.54.